The number of hydrogen-bond donors (Lipinski definition) is 1. The summed E-state index contributed by atoms with van der Waals surface area (Å²) < 4.78 is 10.5. The number of ether oxygens (including phenoxy) is 1. The minimum atomic E-state index is 0.271. The predicted octanol–water partition coefficient (Wildman–Crippen LogP) is 3.06. The molecule has 0 atom stereocenters. The lowest BCUT2D eigenvalue weighted by Crippen LogP contribution is -1.91. The Kier molecular flexibility index (Phi) is 2.92. The van der Waals surface area contributed by atoms with Crippen LogP contribution in [-0.4, -0.2) is 17.3 Å². The zero-order chi connectivity index (χ0) is 13.2. The molecule has 0 aliphatic heterocycles. The number of benzene rings is 1. The molecule has 3 aromatic rings. The summed E-state index contributed by atoms with van der Waals surface area (Å²) in [4.78, 5) is 4.95. The fourth-order valence-corrected chi connectivity index (χ4v) is 2.52. The third kappa shape index (κ3) is 1.96. The molecule has 0 radical (unpaired) electrons. The van der Waals surface area contributed by atoms with Crippen LogP contribution >= 0.6 is 11.3 Å². The number of hydrogen-bond acceptors (Lipinski definition) is 6. The topological polar surface area (TPSA) is 74.2 Å². The van der Waals surface area contributed by atoms with Crippen LogP contribution in [-0.2, 0) is 0 Å². The zero-order valence-corrected chi connectivity index (χ0v) is 11.0. The Hall–Kier alpha value is -2.34. The number of rotatable bonds is 3. The first-order valence-electron chi connectivity index (χ1n) is 5.58. The zero-order valence-electron chi connectivity index (χ0n) is 10.2. The van der Waals surface area contributed by atoms with Crippen LogP contribution in [0.5, 0.6) is 5.75 Å². The van der Waals surface area contributed by atoms with Crippen LogP contribution in [0.15, 0.2) is 40.5 Å². The monoisotopic (exact) mass is 273 g/mol. The van der Waals surface area contributed by atoms with Gasteiger partial charge in [0.25, 0.3) is 0 Å². The molecule has 0 amide bonds. The van der Waals surface area contributed by atoms with Gasteiger partial charge in [0.05, 0.1) is 23.1 Å². The standard InChI is InChI=1S/C13H11N3O2S/c1-17-9-5-3-2-4-8(9)11-12(16-18-13(11)14)10-6-15-7-19-10/h2-7H,14H2,1H3. The Morgan fingerprint density at radius 3 is 2.89 bits per heavy atom. The van der Waals surface area contributed by atoms with Crippen LogP contribution in [0.4, 0.5) is 5.88 Å². The summed E-state index contributed by atoms with van der Waals surface area (Å²) in [5.41, 5.74) is 9.92. The molecule has 0 unspecified atom stereocenters. The number of nitrogens with zero attached hydrogens (tertiary/aromatic N) is 2. The van der Waals surface area contributed by atoms with Gasteiger partial charge in [-0.2, -0.15) is 0 Å². The summed E-state index contributed by atoms with van der Waals surface area (Å²) in [6.07, 6.45) is 1.74. The molecule has 5 nitrogen and oxygen atoms in total. The first kappa shape index (κ1) is 11.7. The molecule has 0 bridgehead atoms. The van der Waals surface area contributed by atoms with Crippen molar-refractivity contribution < 1.29 is 9.26 Å². The number of nitrogen functional groups attached to an aromatic ring is 1. The highest BCUT2D eigenvalue weighted by Crippen LogP contribution is 2.41. The maximum absolute atomic E-state index is 5.90. The lowest BCUT2D eigenvalue weighted by molar-refractivity contribution is 0.416. The van der Waals surface area contributed by atoms with Crippen molar-refractivity contribution in [1.82, 2.24) is 10.1 Å². The van der Waals surface area contributed by atoms with E-state index in [1.165, 1.54) is 11.3 Å². The van der Waals surface area contributed by atoms with E-state index in [0.717, 1.165) is 21.8 Å². The minimum Gasteiger partial charge on any atom is -0.496 e. The fourth-order valence-electron chi connectivity index (χ4n) is 1.92. The van der Waals surface area contributed by atoms with E-state index in [0.29, 0.717) is 5.69 Å². The smallest absolute Gasteiger partial charge is 0.230 e. The molecule has 2 aromatic heterocycles. The van der Waals surface area contributed by atoms with Gasteiger partial charge in [-0.3, -0.25) is 4.98 Å². The first-order chi connectivity index (χ1) is 9.31. The fraction of sp³-hybridized carbons (Fsp3) is 0.0769. The summed E-state index contributed by atoms with van der Waals surface area (Å²) in [7, 11) is 1.62. The summed E-state index contributed by atoms with van der Waals surface area (Å²) >= 11 is 1.48. The van der Waals surface area contributed by atoms with Crippen molar-refractivity contribution in [2.24, 2.45) is 0 Å². The molecule has 0 aliphatic carbocycles. The minimum absolute atomic E-state index is 0.271. The van der Waals surface area contributed by atoms with Crippen molar-refractivity contribution in [3.05, 3.63) is 36.0 Å². The number of thiazole rings is 1. The molecule has 0 saturated carbocycles. The van der Waals surface area contributed by atoms with Gasteiger partial charge in [0.15, 0.2) is 0 Å². The Balaban J connectivity index is 2.23. The van der Waals surface area contributed by atoms with Crippen molar-refractivity contribution in [2.75, 3.05) is 12.8 Å². The number of aromatic nitrogens is 2. The third-order valence-electron chi connectivity index (χ3n) is 2.76. The van der Waals surface area contributed by atoms with Gasteiger partial charge in [-0.25, -0.2) is 0 Å². The Bertz CT molecular complexity index is 692. The van der Waals surface area contributed by atoms with Crippen molar-refractivity contribution >= 4 is 17.2 Å². The third-order valence-corrected chi connectivity index (χ3v) is 3.54. The van der Waals surface area contributed by atoms with Crippen LogP contribution in [0.1, 0.15) is 0 Å². The molecular weight excluding hydrogens is 262 g/mol. The Labute approximate surface area is 113 Å². The van der Waals surface area contributed by atoms with E-state index in [1.807, 2.05) is 24.3 Å². The van der Waals surface area contributed by atoms with Gasteiger partial charge >= 0.3 is 0 Å². The second kappa shape index (κ2) is 4.74. The molecule has 6 heteroatoms. The SMILES string of the molecule is COc1ccccc1-c1c(-c2cncs2)noc1N. The van der Waals surface area contributed by atoms with Gasteiger partial charge in [0, 0.05) is 11.8 Å². The van der Waals surface area contributed by atoms with E-state index in [4.69, 9.17) is 15.0 Å². The summed E-state index contributed by atoms with van der Waals surface area (Å²) in [6.45, 7) is 0. The molecule has 1 aromatic carbocycles. The van der Waals surface area contributed by atoms with Crippen LogP contribution in [0, 0.1) is 0 Å². The van der Waals surface area contributed by atoms with E-state index in [2.05, 4.69) is 10.1 Å². The average molecular weight is 273 g/mol. The highest BCUT2D eigenvalue weighted by Gasteiger charge is 2.20. The Morgan fingerprint density at radius 1 is 1.32 bits per heavy atom. The summed E-state index contributed by atoms with van der Waals surface area (Å²) in [5.74, 6) is 0.996. The average Bonchev–Trinajstić information content (AvgIpc) is 3.07. The van der Waals surface area contributed by atoms with Crippen molar-refractivity contribution in [2.45, 2.75) is 0 Å². The maximum Gasteiger partial charge on any atom is 0.230 e. The van der Waals surface area contributed by atoms with Crippen LogP contribution in [0.3, 0.4) is 0 Å². The maximum atomic E-state index is 5.90. The molecule has 0 fully saturated rings. The van der Waals surface area contributed by atoms with Gasteiger partial charge in [-0.1, -0.05) is 23.4 Å². The first-order valence-corrected chi connectivity index (χ1v) is 6.46. The molecule has 2 N–H and O–H groups in total. The van der Waals surface area contributed by atoms with E-state index >= 15 is 0 Å². The van der Waals surface area contributed by atoms with Gasteiger partial charge in [0.2, 0.25) is 5.88 Å². The molecule has 2 heterocycles. The van der Waals surface area contributed by atoms with Gasteiger partial charge in [0.1, 0.15) is 11.4 Å². The molecule has 0 spiro atoms. The van der Waals surface area contributed by atoms with Crippen LogP contribution in [0.25, 0.3) is 21.7 Å². The van der Waals surface area contributed by atoms with E-state index < -0.39 is 0 Å². The lowest BCUT2D eigenvalue weighted by Gasteiger charge is -2.07. The highest BCUT2D eigenvalue weighted by atomic mass is 32.1. The second-order valence-corrected chi connectivity index (χ2v) is 4.72. The lowest BCUT2D eigenvalue weighted by atomic mass is 10.0. The summed E-state index contributed by atoms with van der Waals surface area (Å²) in [6, 6.07) is 7.61. The number of anilines is 1. The molecular formula is C13H11N3O2S. The van der Waals surface area contributed by atoms with Crippen LogP contribution < -0.4 is 10.5 Å². The number of para-hydroxylation sites is 1. The van der Waals surface area contributed by atoms with E-state index in [9.17, 15) is 0 Å². The van der Waals surface area contributed by atoms with Crippen molar-refractivity contribution in [1.29, 1.82) is 0 Å². The van der Waals surface area contributed by atoms with Crippen LogP contribution in [0.2, 0.25) is 0 Å². The Morgan fingerprint density at radius 2 is 2.16 bits per heavy atom. The van der Waals surface area contributed by atoms with Crippen molar-refractivity contribution in [3.63, 3.8) is 0 Å². The second-order valence-electron chi connectivity index (χ2n) is 3.84. The molecule has 19 heavy (non-hydrogen) atoms. The number of methoxy groups -OCH3 is 1. The van der Waals surface area contributed by atoms with Gasteiger partial charge in [-0.05, 0) is 6.07 Å². The van der Waals surface area contributed by atoms with E-state index in [-0.39, 0.29) is 5.88 Å². The quantitative estimate of drug-likeness (QED) is 0.793. The van der Waals surface area contributed by atoms with Gasteiger partial charge < -0.3 is 15.0 Å². The van der Waals surface area contributed by atoms with E-state index in [1.54, 1.807) is 18.8 Å². The normalized spacial score (nSPS) is 10.6. The summed E-state index contributed by atoms with van der Waals surface area (Å²) in [5, 5.41) is 4.02. The molecule has 3 rings (SSSR count). The molecule has 0 aliphatic rings. The predicted molar refractivity (Wildman–Crippen MR) is 74.0 cm³/mol. The van der Waals surface area contributed by atoms with Gasteiger partial charge in [-0.15, -0.1) is 11.3 Å². The highest BCUT2D eigenvalue weighted by molar-refractivity contribution is 7.13. The molecule has 0 saturated heterocycles. The van der Waals surface area contributed by atoms with Crippen molar-refractivity contribution in [3.8, 4) is 27.4 Å². The number of nitrogens with two attached hydrogens (primary N) is 1. The molecule has 96 valence electrons. The largest absolute Gasteiger partial charge is 0.496 e.